The number of hydrogen-bond acceptors (Lipinski definition) is 4. The molecule has 0 amide bonds. The summed E-state index contributed by atoms with van der Waals surface area (Å²) in [6, 6.07) is 8.51. The average molecular weight is 277 g/mol. The van der Waals surface area contributed by atoms with Crippen LogP contribution in [0.4, 0.5) is 0 Å². The van der Waals surface area contributed by atoms with Crippen molar-refractivity contribution >= 4 is 5.97 Å². The maximum atomic E-state index is 11.8. The summed E-state index contributed by atoms with van der Waals surface area (Å²) in [4.78, 5) is 14.0. The van der Waals surface area contributed by atoms with Gasteiger partial charge in [0.1, 0.15) is 5.75 Å². The number of methoxy groups -OCH3 is 1. The number of carbonyl (C=O) groups excluding carboxylic acids is 1. The van der Waals surface area contributed by atoms with Crippen LogP contribution in [0.25, 0.3) is 0 Å². The van der Waals surface area contributed by atoms with Gasteiger partial charge in [-0.1, -0.05) is 12.1 Å². The topological polar surface area (TPSA) is 38.8 Å². The Balaban J connectivity index is 1.93. The largest absolute Gasteiger partial charge is 0.497 e. The SMILES string of the molecule is COc1ccc(CN(CC(=O)OC(C)C)C2CC2)cc1. The minimum absolute atomic E-state index is 0.0514. The molecule has 1 fully saturated rings. The number of esters is 1. The van der Waals surface area contributed by atoms with Crippen LogP contribution in [-0.2, 0) is 16.1 Å². The van der Waals surface area contributed by atoms with Crippen molar-refractivity contribution in [2.75, 3.05) is 13.7 Å². The summed E-state index contributed by atoms with van der Waals surface area (Å²) in [5, 5.41) is 0. The van der Waals surface area contributed by atoms with Crippen molar-refractivity contribution in [3.63, 3.8) is 0 Å². The Labute approximate surface area is 120 Å². The first-order chi connectivity index (χ1) is 9.58. The van der Waals surface area contributed by atoms with E-state index in [0.717, 1.165) is 12.3 Å². The predicted molar refractivity (Wildman–Crippen MR) is 77.7 cm³/mol. The smallest absolute Gasteiger partial charge is 0.320 e. The van der Waals surface area contributed by atoms with Gasteiger partial charge in [-0.2, -0.15) is 0 Å². The van der Waals surface area contributed by atoms with Gasteiger partial charge in [0.2, 0.25) is 0 Å². The summed E-state index contributed by atoms with van der Waals surface area (Å²) in [5.41, 5.74) is 1.19. The van der Waals surface area contributed by atoms with Gasteiger partial charge in [-0.3, -0.25) is 9.69 Å². The van der Waals surface area contributed by atoms with Crippen molar-refractivity contribution in [2.45, 2.75) is 45.4 Å². The van der Waals surface area contributed by atoms with Crippen molar-refractivity contribution in [2.24, 2.45) is 0 Å². The van der Waals surface area contributed by atoms with Crippen LogP contribution < -0.4 is 4.74 Å². The highest BCUT2D eigenvalue weighted by atomic mass is 16.5. The lowest BCUT2D eigenvalue weighted by molar-refractivity contribution is -0.149. The third-order valence-electron chi connectivity index (χ3n) is 3.31. The molecule has 0 spiro atoms. The quantitative estimate of drug-likeness (QED) is 0.718. The highest BCUT2D eigenvalue weighted by Crippen LogP contribution is 2.28. The maximum Gasteiger partial charge on any atom is 0.320 e. The molecule has 0 bridgehead atoms. The summed E-state index contributed by atoms with van der Waals surface area (Å²) >= 11 is 0. The zero-order valence-corrected chi connectivity index (χ0v) is 12.5. The normalized spacial score (nSPS) is 14.7. The highest BCUT2D eigenvalue weighted by molar-refractivity contribution is 5.71. The molecule has 110 valence electrons. The van der Waals surface area contributed by atoms with E-state index in [2.05, 4.69) is 4.90 Å². The van der Waals surface area contributed by atoms with Crippen molar-refractivity contribution in [3.8, 4) is 5.75 Å². The van der Waals surface area contributed by atoms with Gasteiger partial charge in [0.05, 0.1) is 19.8 Å². The molecular weight excluding hydrogens is 254 g/mol. The van der Waals surface area contributed by atoms with Crippen LogP contribution in [-0.4, -0.2) is 36.7 Å². The Hall–Kier alpha value is -1.55. The number of hydrogen-bond donors (Lipinski definition) is 0. The summed E-state index contributed by atoms with van der Waals surface area (Å²) in [6.45, 7) is 4.91. The Morgan fingerprint density at radius 3 is 2.45 bits per heavy atom. The van der Waals surface area contributed by atoms with E-state index in [1.165, 1.54) is 18.4 Å². The second-order valence-electron chi connectivity index (χ2n) is 5.52. The van der Waals surface area contributed by atoms with E-state index in [-0.39, 0.29) is 12.1 Å². The van der Waals surface area contributed by atoms with E-state index >= 15 is 0 Å². The number of benzene rings is 1. The summed E-state index contributed by atoms with van der Waals surface area (Å²) < 4.78 is 10.4. The minimum Gasteiger partial charge on any atom is -0.497 e. The van der Waals surface area contributed by atoms with Crippen molar-refractivity contribution in [1.29, 1.82) is 0 Å². The van der Waals surface area contributed by atoms with Gasteiger partial charge >= 0.3 is 5.97 Å². The third-order valence-corrected chi connectivity index (χ3v) is 3.31. The monoisotopic (exact) mass is 277 g/mol. The van der Waals surface area contributed by atoms with E-state index < -0.39 is 0 Å². The Kier molecular flexibility index (Phi) is 5.01. The fourth-order valence-electron chi connectivity index (χ4n) is 2.19. The second-order valence-corrected chi connectivity index (χ2v) is 5.52. The maximum absolute atomic E-state index is 11.8. The molecule has 0 N–H and O–H groups in total. The van der Waals surface area contributed by atoms with Crippen LogP contribution in [0.3, 0.4) is 0 Å². The first-order valence-corrected chi connectivity index (χ1v) is 7.15. The van der Waals surface area contributed by atoms with Gasteiger partial charge in [-0.25, -0.2) is 0 Å². The average Bonchev–Trinajstić information content (AvgIpc) is 3.22. The third kappa shape index (κ3) is 4.53. The standard InChI is InChI=1S/C16H23NO3/c1-12(2)20-16(18)11-17(14-6-7-14)10-13-4-8-15(19-3)9-5-13/h4-5,8-9,12,14H,6-7,10-11H2,1-3H3. The molecular formula is C16H23NO3. The van der Waals surface area contributed by atoms with Crippen LogP contribution in [0.5, 0.6) is 5.75 Å². The number of rotatable bonds is 7. The van der Waals surface area contributed by atoms with E-state index in [1.807, 2.05) is 38.1 Å². The molecule has 0 saturated heterocycles. The first kappa shape index (κ1) is 14.9. The fraction of sp³-hybridized carbons (Fsp3) is 0.562. The molecule has 0 aliphatic heterocycles. The lowest BCUT2D eigenvalue weighted by atomic mass is 10.2. The van der Waals surface area contributed by atoms with Gasteiger partial charge in [0.15, 0.2) is 0 Å². The molecule has 0 heterocycles. The van der Waals surface area contributed by atoms with Gasteiger partial charge in [0.25, 0.3) is 0 Å². The van der Waals surface area contributed by atoms with Gasteiger partial charge in [0, 0.05) is 12.6 Å². The van der Waals surface area contributed by atoms with Crippen molar-refractivity contribution < 1.29 is 14.3 Å². The van der Waals surface area contributed by atoms with Crippen LogP contribution in [0, 0.1) is 0 Å². The number of ether oxygens (including phenoxy) is 2. The molecule has 1 aromatic rings. The zero-order chi connectivity index (χ0) is 14.5. The van der Waals surface area contributed by atoms with E-state index in [0.29, 0.717) is 12.6 Å². The molecule has 4 nitrogen and oxygen atoms in total. The Bertz CT molecular complexity index is 438. The van der Waals surface area contributed by atoms with E-state index in [4.69, 9.17) is 9.47 Å². The number of nitrogens with zero attached hydrogens (tertiary/aromatic N) is 1. The molecule has 1 aliphatic carbocycles. The minimum atomic E-state index is -0.139. The predicted octanol–water partition coefficient (Wildman–Crippen LogP) is 2.61. The van der Waals surface area contributed by atoms with Crippen LogP contribution >= 0.6 is 0 Å². The summed E-state index contributed by atoms with van der Waals surface area (Å²) in [5.74, 6) is 0.714. The molecule has 0 radical (unpaired) electrons. The molecule has 4 heteroatoms. The van der Waals surface area contributed by atoms with E-state index in [1.54, 1.807) is 7.11 Å². The Morgan fingerprint density at radius 1 is 1.30 bits per heavy atom. The molecule has 1 aromatic carbocycles. The van der Waals surface area contributed by atoms with Gasteiger partial charge in [-0.15, -0.1) is 0 Å². The molecule has 2 rings (SSSR count). The van der Waals surface area contributed by atoms with E-state index in [9.17, 15) is 4.79 Å². The molecule has 20 heavy (non-hydrogen) atoms. The molecule has 0 unspecified atom stereocenters. The summed E-state index contributed by atoms with van der Waals surface area (Å²) in [6.07, 6.45) is 2.29. The highest BCUT2D eigenvalue weighted by Gasteiger charge is 2.30. The molecule has 1 aliphatic rings. The zero-order valence-electron chi connectivity index (χ0n) is 12.5. The fourth-order valence-corrected chi connectivity index (χ4v) is 2.19. The Morgan fingerprint density at radius 2 is 1.95 bits per heavy atom. The molecule has 1 saturated carbocycles. The lowest BCUT2D eigenvalue weighted by Gasteiger charge is -2.21. The van der Waals surface area contributed by atoms with Gasteiger partial charge in [-0.05, 0) is 44.4 Å². The number of carbonyl (C=O) groups is 1. The second kappa shape index (κ2) is 6.75. The summed E-state index contributed by atoms with van der Waals surface area (Å²) in [7, 11) is 1.66. The van der Waals surface area contributed by atoms with Crippen molar-refractivity contribution in [3.05, 3.63) is 29.8 Å². The molecule has 0 aromatic heterocycles. The van der Waals surface area contributed by atoms with Gasteiger partial charge < -0.3 is 9.47 Å². The molecule has 0 atom stereocenters. The first-order valence-electron chi connectivity index (χ1n) is 7.15. The van der Waals surface area contributed by atoms with Crippen molar-refractivity contribution in [1.82, 2.24) is 4.90 Å². The van der Waals surface area contributed by atoms with Crippen LogP contribution in [0.1, 0.15) is 32.3 Å². The van der Waals surface area contributed by atoms with Crippen LogP contribution in [0.15, 0.2) is 24.3 Å². The van der Waals surface area contributed by atoms with Crippen LogP contribution in [0.2, 0.25) is 0 Å². The lowest BCUT2D eigenvalue weighted by Crippen LogP contribution is -2.33.